The summed E-state index contributed by atoms with van der Waals surface area (Å²) in [6.45, 7) is 10.3. The second-order valence-electron chi connectivity index (χ2n) is 11.0. The molecule has 0 aliphatic heterocycles. The first-order chi connectivity index (χ1) is 26.7. The van der Waals surface area contributed by atoms with Gasteiger partial charge in [-0.3, -0.25) is 4.79 Å². The van der Waals surface area contributed by atoms with Gasteiger partial charge in [0, 0.05) is 5.56 Å². The Kier molecular flexibility index (Phi) is 30.8. The third-order valence-corrected chi connectivity index (χ3v) is 6.81. The van der Waals surface area contributed by atoms with Gasteiger partial charge in [-0.15, -0.1) is 0 Å². The van der Waals surface area contributed by atoms with Crippen molar-refractivity contribution >= 4 is 17.4 Å². The van der Waals surface area contributed by atoms with Gasteiger partial charge in [0.25, 0.3) is 5.78 Å². The molecule has 54 heavy (non-hydrogen) atoms. The fraction of sp³-hybridized carbons (Fsp3) is 0.632. The van der Waals surface area contributed by atoms with Crippen LogP contribution in [-0.4, -0.2) is 170 Å². The summed E-state index contributed by atoms with van der Waals surface area (Å²) in [5, 5.41) is 0. The monoisotopic (exact) mass is 769 g/mol. The number of hydrogen-bond acceptors (Lipinski definition) is 16. The van der Waals surface area contributed by atoms with E-state index < -0.39 is 11.8 Å². The summed E-state index contributed by atoms with van der Waals surface area (Å²) >= 11 is 0. The maximum atomic E-state index is 11.9. The van der Waals surface area contributed by atoms with Crippen molar-refractivity contribution in [1.29, 1.82) is 0 Å². The number of ketones is 1. The van der Waals surface area contributed by atoms with Gasteiger partial charge in [0.2, 0.25) is 0 Å². The average Bonchev–Trinajstić information content (AvgIpc) is 3.19. The number of carbonyl (C=O) groups excluding carboxylic acids is 2. The molecular weight excluding hydrogens is 710 g/mol. The van der Waals surface area contributed by atoms with Crippen LogP contribution >= 0.6 is 0 Å². The molecule has 2 N–H and O–H groups in total. The highest BCUT2D eigenvalue weighted by Gasteiger charge is 2.17. The minimum Gasteiger partial charge on any atom is -0.489 e. The highest BCUT2D eigenvalue weighted by molar-refractivity contribution is 6.40. The van der Waals surface area contributed by atoms with Crippen molar-refractivity contribution < 1.29 is 71.2 Å². The molecule has 2 aromatic rings. The number of benzene rings is 2. The van der Waals surface area contributed by atoms with Gasteiger partial charge < -0.3 is 67.3 Å². The van der Waals surface area contributed by atoms with Gasteiger partial charge in [0.15, 0.2) is 0 Å². The van der Waals surface area contributed by atoms with Gasteiger partial charge in [-0.25, -0.2) is 4.79 Å². The van der Waals surface area contributed by atoms with Gasteiger partial charge in [0.1, 0.15) is 19.0 Å². The molecule has 2 rings (SSSR count). The van der Waals surface area contributed by atoms with E-state index in [0.717, 1.165) is 0 Å². The lowest BCUT2D eigenvalue weighted by atomic mass is 10.1. The molecule has 0 atom stereocenters. The van der Waals surface area contributed by atoms with Crippen LogP contribution in [0.3, 0.4) is 0 Å². The summed E-state index contributed by atoms with van der Waals surface area (Å²) in [4.78, 5) is 23.6. The van der Waals surface area contributed by atoms with E-state index in [1.54, 1.807) is 36.4 Å². The minimum atomic E-state index is -0.900. The summed E-state index contributed by atoms with van der Waals surface area (Å²) in [5.41, 5.74) is 6.72. The molecule has 0 radical (unpaired) electrons. The number of anilines is 1. The fourth-order valence-corrected chi connectivity index (χ4v) is 4.09. The number of esters is 1. The molecule has 0 aliphatic carbocycles. The number of nitrogen functional groups attached to an aromatic ring is 1. The minimum absolute atomic E-state index is 0.00632. The molecule has 0 spiro atoms. The standard InChI is InChI=1S/C38H59NO15/c39-35-8-4-5-9-36(35)53-32-30-51-28-26-49-24-22-47-20-18-45-16-14-43-12-10-42-11-13-44-15-17-46-19-21-48-23-25-50-27-29-52-31-33-54-38(41)37(40)34-6-2-1-3-7-34/h1-9H,10-33,39H2. The fourth-order valence-electron chi connectivity index (χ4n) is 4.09. The number of nitrogens with two attached hydrogens (primary N) is 1. The molecule has 0 aliphatic rings. The molecule has 0 fully saturated rings. The van der Waals surface area contributed by atoms with Crippen molar-refractivity contribution in [2.45, 2.75) is 0 Å². The molecule has 0 saturated heterocycles. The van der Waals surface area contributed by atoms with Crippen LogP contribution in [0.25, 0.3) is 0 Å². The number of para-hydroxylation sites is 2. The predicted octanol–water partition coefficient (Wildman–Crippen LogP) is 2.26. The molecule has 0 amide bonds. The second kappa shape index (κ2) is 35.4. The van der Waals surface area contributed by atoms with Crippen LogP contribution in [0.5, 0.6) is 5.75 Å². The van der Waals surface area contributed by atoms with E-state index in [9.17, 15) is 9.59 Å². The SMILES string of the molecule is Nc1ccccc1OCCOCCOCCOCCOCCOCCOCCOCCOCCOCCOCCOCCOC(=O)C(=O)c1ccccc1. The van der Waals surface area contributed by atoms with Gasteiger partial charge in [-0.2, -0.15) is 0 Å². The van der Waals surface area contributed by atoms with E-state index in [0.29, 0.717) is 162 Å². The Balaban J connectivity index is 1.15. The molecule has 0 unspecified atom stereocenters. The lowest BCUT2D eigenvalue weighted by molar-refractivity contribution is -0.139. The van der Waals surface area contributed by atoms with E-state index >= 15 is 0 Å². The third-order valence-electron chi connectivity index (χ3n) is 6.81. The van der Waals surface area contributed by atoms with Crippen LogP contribution in [0.4, 0.5) is 5.69 Å². The smallest absolute Gasteiger partial charge is 0.379 e. The lowest BCUT2D eigenvalue weighted by Gasteiger charge is -2.10. The van der Waals surface area contributed by atoms with E-state index in [2.05, 4.69) is 0 Å². The largest absolute Gasteiger partial charge is 0.489 e. The summed E-state index contributed by atoms with van der Waals surface area (Å²) in [5.74, 6) is -0.917. The van der Waals surface area contributed by atoms with E-state index in [1.807, 2.05) is 18.2 Å². The van der Waals surface area contributed by atoms with Gasteiger partial charge in [0.05, 0.1) is 151 Å². The third kappa shape index (κ3) is 27.3. The Hall–Kier alpha value is -3.26. The van der Waals surface area contributed by atoms with Crippen LogP contribution < -0.4 is 10.5 Å². The maximum absolute atomic E-state index is 11.9. The average molecular weight is 770 g/mol. The molecule has 306 valence electrons. The zero-order chi connectivity index (χ0) is 38.4. The van der Waals surface area contributed by atoms with Crippen molar-refractivity contribution in [3.8, 4) is 5.75 Å². The number of carbonyl (C=O) groups is 2. The zero-order valence-electron chi connectivity index (χ0n) is 31.4. The molecular formula is C38H59NO15. The zero-order valence-corrected chi connectivity index (χ0v) is 31.4. The summed E-state index contributed by atoms with van der Waals surface area (Å²) in [6, 6.07) is 15.6. The summed E-state index contributed by atoms with van der Waals surface area (Å²) in [6.07, 6.45) is 0. The van der Waals surface area contributed by atoms with Crippen LogP contribution in [0, 0.1) is 0 Å². The van der Waals surface area contributed by atoms with E-state index in [-0.39, 0.29) is 13.2 Å². The molecule has 16 nitrogen and oxygen atoms in total. The van der Waals surface area contributed by atoms with Crippen molar-refractivity contribution in [3.63, 3.8) is 0 Å². The first-order valence-corrected chi connectivity index (χ1v) is 18.3. The molecule has 0 heterocycles. The van der Waals surface area contributed by atoms with Crippen LogP contribution in [0.2, 0.25) is 0 Å². The molecule has 0 saturated carbocycles. The van der Waals surface area contributed by atoms with Crippen molar-refractivity contribution in [1.82, 2.24) is 0 Å². The molecule has 0 aromatic heterocycles. The lowest BCUT2D eigenvalue weighted by Crippen LogP contribution is -2.20. The Morgan fingerprint density at radius 2 is 0.667 bits per heavy atom. The van der Waals surface area contributed by atoms with E-state index in [4.69, 9.17) is 67.3 Å². The number of hydrogen-bond donors (Lipinski definition) is 1. The Labute approximate surface area is 318 Å². The highest BCUT2D eigenvalue weighted by Crippen LogP contribution is 2.19. The summed E-state index contributed by atoms with van der Waals surface area (Å²) < 4.78 is 70.5. The molecule has 0 bridgehead atoms. The predicted molar refractivity (Wildman–Crippen MR) is 197 cm³/mol. The van der Waals surface area contributed by atoms with E-state index in [1.165, 1.54) is 0 Å². The van der Waals surface area contributed by atoms with Crippen LogP contribution in [0.15, 0.2) is 54.6 Å². The van der Waals surface area contributed by atoms with Crippen LogP contribution in [0.1, 0.15) is 10.4 Å². The number of ether oxygens (including phenoxy) is 13. The van der Waals surface area contributed by atoms with Crippen molar-refractivity contribution in [3.05, 3.63) is 60.2 Å². The molecule has 2 aromatic carbocycles. The van der Waals surface area contributed by atoms with Gasteiger partial charge in [-0.1, -0.05) is 42.5 Å². The molecule has 16 heteroatoms. The first-order valence-electron chi connectivity index (χ1n) is 18.3. The summed E-state index contributed by atoms with van der Waals surface area (Å²) in [7, 11) is 0. The Morgan fingerprint density at radius 1 is 0.370 bits per heavy atom. The highest BCUT2D eigenvalue weighted by atomic mass is 16.6. The quantitative estimate of drug-likeness (QED) is 0.0344. The number of rotatable bonds is 39. The van der Waals surface area contributed by atoms with Gasteiger partial charge in [-0.05, 0) is 12.1 Å². The Bertz CT molecular complexity index is 1160. The first kappa shape index (κ1) is 46.9. The van der Waals surface area contributed by atoms with Crippen LogP contribution in [-0.2, 0) is 61.6 Å². The normalized spacial score (nSPS) is 11.2. The topological polar surface area (TPSA) is 180 Å². The van der Waals surface area contributed by atoms with Crippen molar-refractivity contribution in [2.24, 2.45) is 0 Å². The van der Waals surface area contributed by atoms with Gasteiger partial charge >= 0.3 is 5.97 Å². The second-order valence-corrected chi connectivity index (χ2v) is 11.0. The Morgan fingerprint density at radius 3 is 1.02 bits per heavy atom. The van der Waals surface area contributed by atoms with Crippen molar-refractivity contribution in [2.75, 3.05) is 164 Å². The maximum Gasteiger partial charge on any atom is 0.379 e. The number of Topliss-reactive ketones (excluding diaryl/α,β-unsaturated/α-hetero) is 1.